The van der Waals surface area contributed by atoms with E-state index in [4.69, 9.17) is 9.05 Å². The minimum absolute atomic E-state index is 0.519. The number of hydrogen-bond acceptors (Lipinski definition) is 2. The molecule has 1 radical (unpaired) electrons. The van der Waals surface area contributed by atoms with Crippen LogP contribution in [0.1, 0.15) is 12.0 Å². The molecule has 0 bridgehead atoms. The van der Waals surface area contributed by atoms with E-state index in [1.54, 1.807) is 0 Å². The van der Waals surface area contributed by atoms with Crippen LogP contribution in [0, 0.1) is 0 Å². The molecule has 0 saturated carbocycles. The molecule has 0 amide bonds. The molecular formula is C13H10O2P. The van der Waals surface area contributed by atoms with Gasteiger partial charge in [0.1, 0.15) is 11.5 Å². The Labute approximate surface area is 96.2 Å². The molecule has 79 valence electrons. The molecule has 2 aliphatic rings. The van der Waals surface area contributed by atoms with Gasteiger partial charge < -0.3 is 9.05 Å². The first-order valence-corrected chi connectivity index (χ1v) is 5.88. The summed E-state index contributed by atoms with van der Waals surface area (Å²) in [7, 11) is 0.519. The van der Waals surface area contributed by atoms with E-state index in [2.05, 4.69) is 18.2 Å². The van der Waals surface area contributed by atoms with Gasteiger partial charge >= 0.3 is 9.03 Å². The van der Waals surface area contributed by atoms with Crippen molar-refractivity contribution in [2.24, 2.45) is 0 Å². The predicted octanol–water partition coefficient (Wildman–Crippen LogP) is 4.10. The van der Waals surface area contributed by atoms with Gasteiger partial charge in [0, 0.05) is 5.56 Å². The Morgan fingerprint density at radius 3 is 3.06 bits per heavy atom. The fraction of sp³-hybridized carbons (Fsp3) is 0.0769. The number of para-hydroxylation sites is 1. The summed E-state index contributed by atoms with van der Waals surface area (Å²) in [5.41, 5.74) is 2.31. The summed E-state index contributed by atoms with van der Waals surface area (Å²) in [6.45, 7) is 0. The van der Waals surface area contributed by atoms with Gasteiger partial charge in [-0.25, -0.2) is 0 Å². The van der Waals surface area contributed by atoms with Crippen LogP contribution in [0.2, 0.25) is 0 Å². The van der Waals surface area contributed by atoms with Crippen LogP contribution in [0.25, 0.3) is 6.08 Å². The standard InChI is InChI=1S/C13H10O2P/c1-3-7-12-10(5-1)9-11-6-2-4-8-13(11)15-16-14-12/h1-5,7-9H,6H2/b11-9-. The molecule has 1 aliphatic heterocycles. The van der Waals surface area contributed by atoms with Crippen molar-refractivity contribution >= 4 is 15.1 Å². The fourth-order valence-electron chi connectivity index (χ4n) is 1.75. The first kappa shape index (κ1) is 9.68. The van der Waals surface area contributed by atoms with Crippen molar-refractivity contribution in [3.05, 3.63) is 59.4 Å². The van der Waals surface area contributed by atoms with Crippen molar-refractivity contribution in [1.29, 1.82) is 0 Å². The molecule has 3 heteroatoms. The highest BCUT2D eigenvalue weighted by atomic mass is 31.1. The highest BCUT2D eigenvalue weighted by Crippen LogP contribution is 2.36. The second kappa shape index (κ2) is 4.15. The minimum Gasteiger partial charge on any atom is -0.431 e. The van der Waals surface area contributed by atoms with Crippen LogP contribution in [-0.4, -0.2) is 0 Å². The first-order valence-electron chi connectivity index (χ1n) is 5.15. The minimum atomic E-state index is 0.519. The molecular weight excluding hydrogens is 219 g/mol. The van der Waals surface area contributed by atoms with Gasteiger partial charge in [0.15, 0.2) is 0 Å². The number of benzene rings is 1. The van der Waals surface area contributed by atoms with Crippen LogP contribution in [0.3, 0.4) is 0 Å². The molecule has 3 rings (SSSR count). The van der Waals surface area contributed by atoms with Crippen molar-refractivity contribution in [3.8, 4) is 5.75 Å². The molecule has 0 atom stereocenters. The first-order chi connectivity index (χ1) is 7.93. The molecule has 1 aromatic carbocycles. The normalized spacial score (nSPS) is 22.5. The maximum atomic E-state index is 5.54. The Morgan fingerprint density at radius 2 is 2.06 bits per heavy atom. The highest BCUT2D eigenvalue weighted by molar-refractivity contribution is 7.26. The van der Waals surface area contributed by atoms with E-state index in [0.717, 1.165) is 23.5 Å². The van der Waals surface area contributed by atoms with Crippen LogP contribution in [0.5, 0.6) is 5.75 Å². The van der Waals surface area contributed by atoms with Gasteiger partial charge in [-0.2, -0.15) is 0 Å². The Kier molecular flexibility index (Phi) is 2.51. The Bertz CT molecular complexity index is 500. The monoisotopic (exact) mass is 229 g/mol. The zero-order valence-corrected chi connectivity index (χ0v) is 9.48. The lowest BCUT2D eigenvalue weighted by atomic mass is 10.0. The van der Waals surface area contributed by atoms with Crippen LogP contribution >= 0.6 is 9.03 Å². The molecule has 2 nitrogen and oxygen atoms in total. The molecule has 0 aromatic heterocycles. The van der Waals surface area contributed by atoms with E-state index in [1.165, 1.54) is 5.57 Å². The molecule has 1 heterocycles. The van der Waals surface area contributed by atoms with Crippen LogP contribution in [-0.2, 0) is 4.52 Å². The zero-order chi connectivity index (χ0) is 10.8. The number of hydrogen-bond donors (Lipinski definition) is 0. The lowest BCUT2D eigenvalue weighted by Crippen LogP contribution is -1.98. The van der Waals surface area contributed by atoms with Gasteiger partial charge in [0.2, 0.25) is 0 Å². The highest BCUT2D eigenvalue weighted by Gasteiger charge is 2.14. The third-order valence-electron chi connectivity index (χ3n) is 2.56. The number of fused-ring (bicyclic) bond motifs is 2. The largest absolute Gasteiger partial charge is 0.431 e. The molecule has 1 aromatic rings. The van der Waals surface area contributed by atoms with Crippen molar-refractivity contribution in [1.82, 2.24) is 0 Å². The van der Waals surface area contributed by atoms with E-state index in [9.17, 15) is 0 Å². The summed E-state index contributed by atoms with van der Waals surface area (Å²) in [4.78, 5) is 0. The zero-order valence-electron chi connectivity index (χ0n) is 8.59. The third-order valence-corrected chi connectivity index (χ3v) is 3.10. The maximum absolute atomic E-state index is 5.54. The average molecular weight is 229 g/mol. The SMILES string of the molecule is C1=CC/C2=C/c3ccccc3O[P]OC2=C1. The second-order valence-corrected chi connectivity index (χ2v) is 4.14. The van der Waals surface area contributed by atoms with Crippen molar-refractivity contribution in [2.75, 3.05) is 0 Å². The van der Waals surface area contributed by atoms with E-state index in [0.29, 0.717) is 9.03 Å². The van der Waals surface area contributed by atoms with E-state index in [-0.39, 0.29) is 0 Å². The summed E-state index contributed by atoms with van der Waals surface area (Å²) in [6, 6.07) is 7.99. The predicted molar refractivity (Wildman–Crippen MR) is 64.9 cm³/mol. The van der Waals surface area contributed by atoms with Crippen LogP contribution in [0.15, 0.2) is 53.8 Å². The third kappa shape index (κ3) is 1.77. The smallest absolute Gasteiger partial charge is 0.405 e. The Balaban J connectivity index is 2.09. The lowest BCUT2D eigenvalue weighted by Gasteiger charge is -2.17. The molecule has 0 unspecified atom stereocenters. The van der Waals surface area contributed by atoms with E-state index >= 15 is 0 Å². The summed E-state index contributed by atoms with van der Waals surface area (Å²) >= 11 is 0. The lowest BCUT2D eigenvalue weighted by molar-refractivity contribution is 0.430. The summed E-state index contributed by atoms with van der Waals surface area (Å²) in [5.74, 6) is 1.77. The second-order valence-electron chi connectivity index (χ2n) is 3.63. The molecule has 0 N–H and O–H groups in total. The summed E-state index contributed by atoms with van der Waals surface area (Å²) < 4.78 is 11.1. The Hall–Kier alpha value is -1.53. The molecule has 0 saturated heterocycles. The van der Waals surface area contributed by atoms with Crippen LogP contribution in [0.4, 0.5) is 0 Å². The van der Waals surface area contributed by atoms with Crippen molar-refractivity contribution in [2.45, 2.75) is 6.42 Å². The topological polar surface area (TPSA) is 18.5 Å². The quantitative estimate of drug-likeness (QED) is 0.623. The maximum Gasteiger partial charge on any atom is 0.405 e. The molecule has 0 spiro atoms. The van der Waals surface area contributed by atoms with Crippen molar-refractivity contribution in [3.63, 3.8) is 0 Å². The molecule has 1 aliphatic carbocycles. The molecule has 0 fully saturated rings. The van der Waals surface area contributed by atoms with Crippen LogP contribution < -0.4 is 4.52 Å². The van der Waals surface area contributed by atoms with Gasteiger partial charge in [0.25, 0.3) is 0 Å². The fourth-order valence-corrected chi connectivity index (χ4v) is 2.29. The van der Waals surface area contributed by atoms with Gasteiger partial charge in [-0.3, -0.25) is 0 Å². The van der Waals surface area contributed by atoms with Crippen molar-refractivity contribution < 1.29 is 9.05 Å². The van der Waals surface area contributed by atoms with Gasteiger partial charge in [0.05, 0.1) is 0 Å². The summed E-state index contributed by atoms with van der Waals surface area (Å²) in [5, 5.41) is 0. The molecule has 16 heavy (non-hydrogen) atoms. The van der Waals surface area contributed by atoms with E-state index < -0.39 is 0 Å². The Morgan fingerprint density at radius 1 is 1.12 bits per heavy atom. The van der Waals surface area contributed by atoms with E-state index in [1.807, 2.05) is 30.4 Å². The number of allylic oxidation sites excluding steroid dienone is 4. The van der Waals surface area contributed by atoms with Gasteiger partial charge in [-0.05, 0) is 30.2 Å². The van der Waals surface area contributed by atoms with Gasteiger partial charge in [-0.1, -0.05) is 30.4 Å². The van der Waals surface area contributed by atoms with Gasteiger partial charge in [-0.15, -0.1) is 0 Å². The number of rotatable bonds is 0. The average Bonchev–Trinajstić information content (AvgIpc) is 2.29. The summed E-state index contributed by atoms with van der Waals surface area (Å²) in [6.07, 6.45) is 9.14.